The van der Waals surface area contributed by atoms with Crippen LogP contribution in [0.4, 0.5) is 0 Å². The highest BCUT2D eigenvalue weighted by Gasteiger charge is 2.14. The van der Waals surface area contributed by atoms with Crippen LogP contribution in [0.5, 0.6) is 0 Å². The number of carbonyl (C=O) groups is 1. The van der Waals surface area contributed by atoms with Crippen LogP contribution in [0.15, 0.2) is 34.1 Å². The lowest BCUT2D eigenvalue weighted by Gasteiger charge is -2.16. The van der Waals surface area contributed by atoms with E-state index in [0.717, 1.165) is 15.0 Å². The van der Waals surface area contributed by atoms with Gasteiger partial charge in [-0.1, -0.05) is 28.1 Å². The Morgan fingerprint density at radius 1 is 1.39 bits per heavy atom. The zero-order chi connectivity index (χ0) is 13.1. The largest absolute Gasteiger partial charge is 0.336 e. The Kier molecular flexibility index (Phi) is 4.14. The second-order valence-electron chi connectivity index (χ2n) is 4.04. The van der Waals surface area contributed by atoms with Crippen molar-refractivity contribution in [3.05, 3.63) is 50.4 Å². The third-order valence-corrected chi connectivity index (χ3v) is 3.82. The predicted octanol–water partition coefficient (Wildman–Crippen LogP) is 3.49. The van der Waals surface area contributed by atoms with Crippen molar-refractivity contribution >= 4 is 33.2 Å². The molecule has 0 radical (unpaired) electrons. The van der Waals surface area contributed by atoms with E-state index in [1.807, 2.05) is 31.2 Å². The SMILES string of the molecule is Cc1nc(C(=O)N(C)Cc2ccc(Br)cc2)cs1. The Morgan fingerprint density at radius 2 is 2.06 bits per heavy atom. The summed E-state index contributed by atoms with van der Waals surface area (Å²) < 4.78 is 1.04. The monoisotopic (exact) mass is 324 g/mol. The fourth-order valence-electron chi connectivity index (χ4n) is 1.59. The van der Waals surface area contributed by atoms with E-state index in [1.54, 1.807) is 17.3 Å². The van der Waals surface area contributed by atoms with E-state index < -0.39 is 0 Å². The molecular formula is C13H13BrN2OS. The average Bonchev–Trinajstić information content (AvgIpc) is 2.78. The Labute approximate surface area is 119 Å². The van der Waals surface area contributed by atoms with E-state index in [-0.39, 0.29) is 5.91 Å². The zero-order valence-corrected chi connectivity index (χ0v) is 12.6. The first-order valence-electron chi connectivity index (χ1n) is 5.48. The molecule has 0 aliphatic rings. The average molecular weight is 325 g/mol. The number of amides is 1. The van der Waals surface area contributed by atoms with Crippen molar-refractivity contribution in [1.82, 2.24) is 9.88 Å². The number of thiazole rings is 1. The molecule has 2 rings (SSSR count). The maximum Gasteiger partial charge on any atom is 0.273 e. The van der Waals surface area contributed by atoms with Crippen molar-refractivity contribution in [2.75, 3.05) is 7.05 Å². The molecule has 1 heterocycles. The standard InChI is InChI=1S/C13H13BrN2OS/c1-9-15-12(8-18-9)13(17)16(2)7-10-3-5-11(14)6-4-10/h3-6,8H,7H2,1-2H3. The summed E-state index contributed by atoms with van der Waals surface area (Å²) in [7, 11) is 1.79. The summed E-state index contributed by atoms with van der Waals surface area (Å²) in [6.45, 7) is 2.48. The van der Waals surface area contributed by atoms with E-state index in [1.165, 1.54) is 11.3 Å². The molecule has 94 valence electrons. The Hall–Kier alpha value is -1.20. The number of aryl methyl sites for hydroxylation is 1. The highest BCUT2D eigenvalue weighted by Crippen LogP contribution is 2.14. The van der Waals surface area contributed by atoms with E-state index in [2.05, 4.69) is 20.9 Å². The second kappa shape index (κ2) is 5.63. The number of halogens is 1. The first-order chi connectivity index (χ1) is 8.56. The first-order valence-corrected chi connectivity index (χ1v) is 7.15. The Balaban J connectivity index is 2.05. The van der Waals surface area contributed by atoms with Crippen molar-refractivity contribution in [1.29, 1.82) is 0 Å². The van der Waals surface area contributed by atoms with Gasteiger partial charge >= 0.3 is 0 Å². The molecule has 0 aliphatic heterocycles. The Morgan fingerprint density at radius 3 is 2.61 bits per heavy atom. The quantitative estimate of drug-likeness (QED) is 0.865. The first kappa shape index (κ1) is 13.2. The van der Waals surface area contributed by atoms with E-state index in [4.69, 9.17) is 0 Å². The van der Waals surface area contributed by atoms with Gasteiger partial charge in [0.1, 0.15) is 5.69 Å². The van der Waals surface area contributed by atoms with Gasteiger partial charge in [-0.2, -0.15) is 0 Å². The van der Waals surface area contributed by atoms with E-state index in [0.29, 0.717) is 12.2 Å². The van der Waals surface area contributed by atoms with Crippen LogP contribution >= 0.6 is 27.3 Å². The minimum absolute atomic E-state index is 0.0396. The van der Waals surface area contributed by atoms with Crippen LogP contribution in [0.3, 0.4) is 0 Å². The molecule has 5 heteroatoms. The minimum Gasteiger partial charge on any atom is -0.336 e. The van der Waals surface area contributed by atoms with Gasteiger partial charge in [-0.25, -0.2) is 4.98 Å². The summed E-state index contributed by atoms with van der Waals surface area (Å²) in [5, 5.41) is 2.71. The summed E-state index contributed by atoms with van der Waals surface area (Å²) in [5.74, 6) is -0.0396. The van der Waals surface area contributed by atoms with Crippen molar-refractivity contribution < 1.29 is 4.79 Å². The number of nitrogens with zero attached hydrogens (tertiary/aromatic N) is 2. The lowest BCUT2D eigenvalue weighted by Crippen LogP contribution is -2.26. The number of benzene rings is 1. The van der Waals surface area contributed by atoms with Crippen LogP contribution in [0, 0.1) is 6.92 Å². The van der Waals surface area contributed by atoms with E-state index >= 15 is 0 Å². The van der Waals surface area contributed by atoms with Crippen LogP contribution in [0.2, 0.25) is 0 Å². The van der Waals surface area contributed by atoms with Gasteiger partial charge in [0, 0.05) is 23.4 Å². The number of carbonyl (C=O) groups excluding carboxylic acids is 1. The fourth-order valence-corrected chi connectivity index (χ4v) is 2.44. The van der Waals surface area contributed by atoms with Crippen LogP contribution < -0.4 is 0 Å². The Bertz CT molecular complexity index is 550. The van der Waals surface area contributed by atoms with E-state index in [9.17, 15) is 4.79 Å². The molecule has 0 aliphatic carbocycles. The van der Waals surface area contributed by atoms with Crippen molar-refractivity contribution in [3.8, 4) is 0 Å². The van der Waals surface area contributed by atoms with Crippen LogP contribution in [-0.2, 0) is 6.54 Å². The summed E-state index contributed by atoms with van der Waals surface area (Å²) in [6.07, 6.45) is 0. The normalized spacial score (nSPS) is 10.4. The third kappa shape index (κ3) is 3.17. The molecule has 3 nitrogen and oxygen atoms in total. The van der Waals surface area contributed by atoms with Crippen molar-refractivity contribution in [3.63, 3.8) is 0 Å². The third-order valence-electron chi connectivity index (χ3n) is 2.52. The van der Waals surface area contributed by atoms with Crippen LogP contribution in [0.1, 0.15) is 21.1 Å². The molecule has 0 fully saturated rings. The molecule has 0 saturated carbocycles. The molecule has 1 aromatic heterocycles. The molecule has 0 saturated heterocycles. The lowest BCUT2D eigenvalue weighted by molar-refractivity contribution is 0.0780. The number of hydrogen-bond donors (Lipinski definition) is 0. The number of aromatic nitrogens is 1. The maximum atomic E-state index is 12.1. The van der Waals surface area contributed by atoms with Gasteiger partial charge in [0.25, 0.3) is 5.91 Å². The topological polar surface area (TPSA) is 33.2 Å². The molecule has 0 atom stereocenters. The molecule has 18 heavy (non-hydrogen) atoms. The molecular weight excluding hydrogens is 312 g/mol. The predicted molar refractivity (Wildman–Crippen MR) is 76.8 cm³/mol. The van der Waals surface area contributed by atoms with Gasteiger partial charge in [0.15, 0.2) is 0 Å². The number of rotatable bonds is 3. The van der Waals surface area contributed by atoms with Crippen LogP contribution in [-0.4, -0.2) is 22.8 Å². The second-order valence-corrected chi connectivity index (χ2v) is 6.02. The molecule has 0 spiro atoms. The molecule has 1 aromatic carbocycles. The fraction of sp³-hybridized carbons (Fsp3) is 0.231. The molecule has 0 unspecified atom stereocenters. The number of hydrogen-bond acceptors (Lipinski definition) is 3. The summed E-state index contributed by atoms with van der Waals surface area (Å²) in [5.41, 5.74) is 1.62. The molecule has 0 N–H and O–H groups in total. The van der Waals surface area contributed by atoms with Crippen molar-refractivity contribution in [2.45, 2.75) is 13.5 Å². The van der Waals surface area contributed by atoms with Gasteiger partial charge in [0.05, 0.1) is 5.01 Å². The van der Waals surface area contributed by atoms with Crippen LogP contribution in [0.25, 0.3) is 0 Å². The zero-order valence-electron chi connectivity index (χ0n) is 10.2. The summed E-state index contributed by atoms with van der Waals surface area (Å²) in [4.78, 5) is 18.0. The van der Waals surface area contributed by atoms with Gasteiger partial charge in [-0.15, -0.1) is 11.3 Å². The maximum absolute atomic E-state index is 12.1. The van der Waals surface area contributed by atoms with Gasteiger partial charge < -0.3 is 4.90 Å². The van der Waals surface area contributed by atoms with Gasteiger partial charge in [0.2, 0.25) is 0 Å². The summed E-state index contributed by atoms with van der Waals surface area (Å²) >= 11 is 4.88. The highest BCUT2D eigenvalue weighted by molar-refractivity contribution is 9.10. The van der Waals surface area contributed by atoms with Gasteiger partial charge in [-0.3, -0.25) is 4.79 Å². The molecule has 2 aromatic rings. The highest BCUT2D eigenvalue weighted by atomic mass is 79.9. The smallest absolute Gasteiger partial charge is 0.273 e. The van der Waals surface area contributed by atoms with Crippen molar-refractivity contribution in [2.24, 2.45) is 0 Å². The van der Waals surface area contributed by atoms with Gasteiger partial charge in [-0.05, 0) is 24.6 Å². The minimum atomic E-state index is -0.0396. The summed E-state index contributed by atoms with van der Waals surface area (Å²) in [6, 6.07) is 7.95. The molecule has 0 bridgehead atoms. The lowest BCUT2D eigenvalue weighted by atomic mass is 10.2. The molecule has 1 amide bonds.